The number of aromatic hydroxyl groups is 1. The minimum atomic E-state index is -3.53. The summed E-state index contributed by atoms with van der Waals surface area (Å²) in [5, 5.41) is 13.3. The third-order valence-electron chi connectivity index (χ3n) is 5.58. The maximum absolute atomic E-state index is 12.4. The van der Waals surface area contributed by atoms with E-state index >= 15 is 0 Å². The van der Waals surface area contributed by atoms with E-state index in [0.29, 0.717) is 29.8 Å². The van der Waals surface area contributed by atoms with E-state index in [9.17, 15) is 13.5 Å². The molecule has 3 aromatic rings. The molecule has 8 nitrogen and oxygen atoms in total. The monoisotopic (exact) mass is 467 g/mol. The minimum absolute atomic E-state index is 0.219. The normalized spacial score (nSPS) is 13.7. The fourth-order valence-corrected chi connectivity index (χ4v) is 4.86. The van der Waals surface area contributed by atoms with Gasteiger partial charge in [0.25, 0.3) is 0 Å². The van der Waals surface area contributed by atoms with Gasteiger partial charge in [0.2, 0.25) is 16.0 Å². The van der Waals surface area contributed by atoms with Crippen LogP contribution in [0.5, 0.6) is 5.75 Å². The summed E-state index contributed by atoms with van der Waals surface area (Å²) in [6, 6.07) is 13.9. The molecule has 2 heterocycles. The van der Waals surface area contributed by atoms with Crippen LogP contribution in [0.25, 0.3) is 0 Å². The number of phenols is 1. The predicted octanol–water partition coefficient (Wildman–Crippen LogP) is 4.33. The van der Waals surface area contributed by atoms with Gasteiger partial charge in [0.1, 0.15) is 11.6 Å². The van der Waals surface area contributed by atoms with Gasteiger partial charge in [-0.15, -0.1) is 0 Å². The van der Waals surface area contributed by atoms with E-state index in [-0.39, 0.29) is 4.90 Å². The Bertz CT molecular complexity index is 1210. The largest absolute Gasteiger partial charge is 0.508 e. The molecule has 1 aromatic heterocycles. The number of benzene rings is 2. The first-order valence-corrected chi connectivity index (χ1v) is 12.6. The SMILES string of the molecule is CC(C)CCNS(=O)(=O)c1ccc(Nc2nccc(N3CCCc4c(O)cccc43)n2)cc1. The van der Waals surface area contributed by atoms with Crippen LogP contribution in [-0.2, 0) is 16.4 Å². The zero-order chi connectivity index (χ0) is 23.4. The van der Waals surface area contributed by atoms with Crippen LogP contribution in [0.2, 0.25) is 0 Å². The van der Waals surface area contributed by atoms with Crippen molar-refractivity contribution in [2.75, 3.05) is 23.3 Å². The summed E-state index contributed by atoms with van der Waals surface area (Å²) in [7, 11) is -3.53. The third kappa shape index (κ3) is 5.43. The lowest BCUT2D eigenvalue weighted by Crippen LogP contribution is -2.25. The molecule has 0 saturated heterocycles. The fraction of sp³-hybridized carbons (Fsp3) is 0.333. The molecule has 0 radical (unpaired) electrons. The van der Waals surface area contributed by atoms with Crippen LogP contribution >= 0.6 is 0 Å². The lowest BCUT2D eigenvalue weighted by molar-refractivity contribution is 0.465. The highest BCUT2D eigenvalue weighted by atomic mass is 32.2. The van der Waals surface area contributed by atoms with Gasteiger partial charge >= 0.3 is 0 Å². The molecule has 0 fully saturated rings. The first-order chi connectivity index (χ1) is 15.8. The minimum Gasteiger partial charge on any atom is -0.508 e. The second-order valence-electron chi connectivity index (χ2n) is 8.50. The van der Waals surface area contributed by atoms with Gasteiger partial charge in [-0.3, -0.25) is 0 Å². The van der Waals surface area contributed by atoms with E-state index < -0.39 is 10.0 Å². The van der Waals surface area contributed by atoms with Crippen LogP contribution in [0.15, 0.2) is 59.6 Å². The molecule has 1 aliphatic rings. The highest BCUT2D eigenvalue weighted by Crippen LogP contribution is 2.37. The Morgan fingerprint density at radius 3 is 2.67 bits per heavy atom. The Hall–Kier alpha value is -3.17. The van der Waals surface area contributed by atoms with Crippen molar-refractivity contribution in [1.82, 2.24) is 14.7 Å². The number of anilines is 4. The maximum atomic E-state index is 12.4. The third-order valence-corrected chi connectivity index (χ3v) is 7.05. The molecule has 33 heavy (non-hydrogen) atoms. The summed E-state index contributed by atoms with van der Waals surface area (Å²) in [4.78, 5) is 11.2. The van der Waals surface area contributed by atoms with Crippen molar-refractivity contribution in [3.63, 3.8) is 0 Å². The van der Waals surface area contributed by atoms with Crippen molar-refractivity contribution >= 4 is 33.2 Å². The molecule has 0 amide bonds. The van der Waals surface area contributed by atoms with E-state index in [4.69, 9.17) is 0 Å². The lowest BCUT2D eigenvalue weighted by atomic mass is 10.0. The predicted molar refractivity (Wildman–Crippen MR) is 130 cm³/mol. The molecular formula is C24H29N5O3S. The zero-order valence-electron chi connectivity index (χ0n) is 18.8. The number of rotatable bonds is 8. The smallest absolute Gasteiger partial charge is 0.240 e. The van der Waals surface area contributed by atoms with Gasteiger partial charge in [0, 0.05) is 36.2 Å². The van der Waals surface area contributed by atoms with Crippen molar-refractivity contribution in [1.29, 1.82) is 0 Å². The van der Waals surface area contributed by atoms with Gasteiger partial charge in [0.05, 0.1) is 4.90 Å². The lowest BCUT2D eigenvalue weighted by Gasteiger charge is -2.30. The molecule has 9 heteroatoms. The van der Waals surface area contributed by atoms with Crippen LogP contribution < -0.4 is 14.9 Å². The van der Waals surface area contributed by atoms with Gasteiger partial charge in [0.15, 0.2) is 0 Å². The number of fused-ring (bicyclic) bond motifs is 1. The summed E-state index contributed by atoms with van der Waals surface area (Å²) in [5.74, 6) is 1.87. The summed E-state index contributed by atoms with van der Waals surface area (Å²) in [5.41, 5.74) is 2.56. The van der Waals surface area contributed by atoms with Crippen LogP contribution in [0, 0.1) is 5.92 Å². The van der Waals surface area contributed by atoms with Gasteiger partial charge < -0.3 is 15.3 Å². The molecule has 1 aliphatic heterocycles. The summed E-state index contributed by atoms with van der Waals surface area (Å²) in [6.45, 7) is 5.32. The molecular weight excluding hydrogens is 438 g/mol. The van der Waals surface area contributed by atoms with Gasteiger partial charge in [-0.1, -0.05) is 19.9 Å². The average molecular weight is 468 g/mol. The molecule has 174 valence electrons. The van der Waals surface area contributed by atoms with Crippen molar-refractivity contribution in [3.05, 3.63) is 60.3 Å². The van der Waals surface area contributed by atoms with Crippen LogP contribution in [0.1, 0.15) is 32.3 Å². The number of hydrogen-bond acceptors (Lipinski definition) is 7. The van der Waals surface area contributed by atoms with E-state index in [2.05, 4.69) is 38.8 Å². The summed E-state index contributed by atoms with van der Waals surface area (Å²) >= 11 is 0. The quantitative estimate of drug-likeness (QED) is 0.452. The Kier molecular flexibility index (Phi) is 6.80. The van der Waals surface area contributed by atoms with E-state index in [1.54, 1.807) is 36.5 Å². The molecule has 3 N–H and O–H groups in total. The first-order valence-electron chi connectivity index (χ1n) is 11.1. The van der Waals surface area contributed by atoms with Crippen molar-refractivity contribution in [2.24, 2.45) is 5.92 Å². The van der Waals surface area contributed by atoms with E-state index in [0.717, 1.165) is 42.9 Å². The number of aromatic nitrogens is 2. The molecule has 0 unspecified atom stereocenters. The van der Waals surface area contributed by atoms with Crippen molar-refractivity contribution in [3.8, 4) is 5.75 Å². The Morgan fingerprint density at radius 1 is 1.12 bits per heavy atom. The molecule has 0 spiro atoms. The van der Waals surface area contributed by atoms with E-state index in [1.807, 2.05) is 18.2 Å². The Labute approximate surface area is 194 Å². The topological polar surface area (TPSA) is 107 Å². The molecule has 0 atom stereocenters. The van der Waals surface area contributed by atoms with Gasteiger partial charge in [-0.05, 0) is 67.6 Å². The second kappa shape index (κ2) is 9.76. The standard InChI is InChI=1S/C24H29N5O3S/c1-17(2)12-15-26-33(31,32)19-10-8-18(9-11-19)27-24-25-14-13-23(28-24)29-16-4-5-20-21(29)6-3-7-22(20)30/h3,6-11,13-14,17,26,30H,4-5,12,15-16H2,1-2H3,(H,25,27,28). The molecule has 0 aliphatic carbocycles. The Morgan fingerprint density at radius 2 is 1.91 bits per heavy atom. The number of nitrogens with zero attached hydrogens (tertiary/aromatic N) is 3. The number of nitrogens with one attached hydrogen (secondary N) is 2. The van der Waals surface area contributed by atoms with Crippen molar-refractivity contribution < 1.29 is 13.5 Å². The fourth-order valence-electron chi connectivity index (χ4n) is 3.82. The first kappa shape index (κ1) is 23.0. The Balaban J connectivity index is 1.48. The molecule has 4 rings (SSSR count). The number of phenolic OH excluding ortho intramolecular Hbond substituents is 1. The summed E-state index contributed by atoms with van der Waals surface area (Å²) < 4.78 is 27.5. The highest BCUT2D eigenvalue weighted by Gasteiger charge is 2.22. The van der Waals surface area contributed by atoms with Crippen LogP contribution in [0.4, 0.5) is 23.1 Å². The molecule has 2 aromatic carbocycles. The summed E-state index contributed by atoms with van der Waals surface area (Å²) in [6.07, 6.45) is 4.21. The van der Waals surface area contributed by atoms with E-state index in [1.165, 1.54) is 0 Å². The van der Waals surface area contributed by atoms with Gasteiger partial charge in [-0.25, -0.2) is 18.1 Å². The highest BCUT2D eigenvalue weighted by molar-refractivity contribution is 7.89. The number of sulfonamides is 1. The number of hydrogen-bond donors (Lipinski definition) is 3. The van der Waals surface area contributed by atoms with Crippen LogP contribution in [0.3, 0.4) is 0 Å². The second-order valence-corrected chi connectivity index (χ2v) is 10.3. The van der Waals surface area contributed by atoms with Crippen molar-refractivity contribution in [2.45, 2.75) is 38.0 Å². The average Bonchev–Trinajstić information content (AvgIpc) is 2.79. The molecule has 0 bridgehead atoms. The van der Waals surface area contributed by atoms with Gasteiger partial charge in [-0.2, -0.15) is 4.98 Å². The maximum Gasteiger partial charge on any atom is 0.240 e. The molecule has 0 saturated carbocycles. The van der Waals surface area contributed by atoms with Crippen LogP contribution in [-0.4, -0.2) is 36.6 Å². The zero-order valence-corrected chi connectivity index (χ0v) is 19.6.